The Kier molecular flexibility index (Phi) is 5.37. The molecule has 1 aromatic rings. The Labute approximate surface area is 123 Å². The zero-order chi connectivity index (χ0) is 13.8. The van der Waals surface area contributed by atoms with Gasteiger partial charge in [-0.1, -0.05) is 34.8 Å². The molecule has 4 heteroatoms. The summed E-state index contributed by atoms with van der Waals surface area (Å²) in [6.45, 7) is 3.70. The van der Waals surface area contributed by atoms with Crippen LogP contribution in [-0.4, -0.2) is 24.0 Å². The van der Waals surface area contributed by atoms with Crippen molar-refractivity contribution in [2.75, 3.05) is 13.1 Å². The van der Waals surface area contributed by atoms with Crippen molar-refractivity contribution >= 4 is 15.9 Å². The maximum absolute atomic E-state index is 14.2. The summed E-state index contributed by atoms with van der Waals surface area (Å²) in [5, 5.41) is 0. The van der Waals surface area contributed by atoms with Gasteiger partial charge in [0.1, 0.15) is 5.82 Å². The Hall–Kier alpha value is -0.450. The van der Waals surface area contributed by atoms with Gasteiger partial charge >= 0.3 is 0 Å². The molecule has 0 radical (unpaired) electrons. The molecular formula is C15H22BrFN2. The second-order valence-electron chi connectivity index (χ2n) is 5.35. The first-order valence-corrected chi connectivity index (χ1v) is 7.83. The number of hydrogen-bond acceptors (Lipinski definition) is 2. The van der Waals surface area contributed by atoms with E-state index in [1.807, 2.05) is 12.1 Å². The Morgan fingerprint density at radius 1 is 1.42 bits per heavy atom. The minimum absolute atomic E-state index is 0.0128. The van der Waals surface area contributed by atoms with Crippen LogP contribution >= 0.6 is 15.9 Å². The fraction of sp³-hybridized carbons (Fsp3) is 0.600. The molecule has 19 heavy (non-hydrogen) atoms. The van der Waals surface area contributed by atoms with Crippen LogP contribution in [-0.2, 0) is 0 Å². The van der Waals surface area contributed by atoms with E-state index in [0.717, 1.165) is 16.6 Å². The monoisotopic (exact) mass is 328 g/mol. The minimum Gasteiger partial charge on any atom is -0.329 e. The van der Waals surface area contributed by atoms with Crippen molar-refractivity contribution in [3.05, 3.63) is 34.1 Å². The molecule has 1 saturated heterocycles. The first-order valence-electron chi connectivity index (χ1n) is 7.04. The molecule has 1 aliphatic rings. The summed E-state index contributed by atoms with van der Waals surface area (Å²) in [5.41, 5.74) is 6.66. The number of likely N-dealkylation sites (tertiary alicyclic amines) is 1. The molecule has 2 nitrogen and oxygen atoms in total. The van der Waals surface area contributed by atoms with Crippen molar-refractivity contribution in [3.8, 4) is 0 Å². The smallest absolute Gasteiger partial charge is 0.129 e. The summed E-state index contributed by atoms with van der Waals surface area (Å²) in [5.74, 6) is -0.165. The van der Waals surface area contributed by atoms with E-state index in [0.29, 0.717) is 12.6 Å². The second kappa shape index (κ2) is 6.82. The maximum Gasteiger partial charge on any atom is 0.129 e. The van der Waals surface area contributed by atoms with E-state index < -0.39 is 0 Å². The summed E-state index contributed by atoms with van der Waals surface area (Å²) in [7, 11) is 0. The zero-order valence-electron chi connectivity index (χ0n) is 11.4. The third kappa shape index (κ3) is 3.56. The lowest BCUT2D eigenvalue weighted by Gasteiger charge is -2.35. The van der Waals surface area contributed by atoms with Crippen molar-refractivity contribution in [1.82, 2.24) is 4.90 Å². The van der Waals surface area contributed by atoms with Gasteiger partial charge in [-0.2, -0.15) is 0 Å². The van der Waals surface area contributed by atoms with E-state index in [1.54, 1.807) is 0 Å². The van der Waals surface area contributed by atoms with E-state index in [1.165, 1.54) is 31.7 Å². The summed E-state index contributed by atoms with van der Waals surface area (Å²) < 4.78 is 14.9. The van der Waals surface area contributed by atoms with Crippen LogP contribution in [0, 0.1) is 5.82 Å². The third-order valence-electron chi connectivity index (χ3n) is 4.05. The molecule has 0 aromatic heterocycles. The highest BCUT2D eigenvalue weighted by atomic mass is 79.9. The molecule has 106 valence electrons. The van der Waals surface area contributed by atoms with Gasteiger partial charge in [0.25, 0.3) is 0 Å². The number of halogens is 2. The highest BCUT2D eigenvalue weighted by Gasteiger charge is 2.27. The van der Waals surface area contributed by atoms with E-state index in [4.69, 9.17) is 5.73 Å². The van der Waals surface area contributed by atoms with Crippen LogP contribution in [0.4, 0.5) is 4.39 Å². The first kappa shape index (κ1) is 14.9. The molecule has 2 unspecified atom stereocenters. The quantitative estimate of drug-likeness (QED) is 0.913. The first-order chi connectivity index (χ1) is 9.13. The van der Waals surface area contributed by atoms with Gasteiger partial charge in [-0.3, -0.25) is 4.90 Å². The minimum atomic E-state index is -0.165. The lowest BCUT2D eigenvalue weighted by molar-refractivity contribution is 0.148. The Morgan fingerprint density at radius 3 is 2.89 bits per heavy atom. The molecule has 2 rings (SSSR count). The molecule has 1 fully saturated rings. The number of benzene rings is 1. The molecule has 1 heterocycles. The standard InChI is InChI=1S/C15H22BrFN2/c1-11-5-3-2-4-8-19(11)15(10-18)13-7-6-12(16)9-14(13)17/h6-7,9,11,15H,2-5,8,10,18H2,1H3. The number of nitrogens with two attached hydrogens (primary N) is 1. The lowest BCUT2D eigenvalue weighted by atomic mass is 10.0. The van der Waals surface area contributed by atoms with Crippen molar-refractivity contribution in [1.29, 1.82) is 0 Å². The van der Waals surface area contributed by atoms with Gasteiger partial charge in [0.2, 0.25) is 0 Å². The van der Waals surface area contributed by atoms with Crippen LogP contribution in [0.5, 0.6) is 0 Å². The van der Waals surface area contributed by atoms with Gasteiger partial charge in [0.15, 0.2) is 0 Å². The zero-order valence-corrected chi connectivity index (χ0v) is 13.0. The van der Waals surface area contributed by atoms with Crippen LogP contribution in [0.2, 0.25) is 0 Å². The van der Waals surface area contributed by atoms with Gasteiger partial charge in [0.05, 0.1) is 6.04 Å². The van der Waals surface area contributed by atoms with Crippen LogP contribution in [0.1, 0.15) is 44.2 Å². The Balaban J connectivity index is 2.27. The van der Waals surface area contributed by atoms with Gasteiger partial charge in [-0.25, -0.2) is 4.39 Å². The molecule has 0 saturated carbocycles. The average molecular weight is 329 g/mol. The number of rotatable bonds is 3. The molecule has 0 aliphatic carbocycles. The summed E-state index contributed by atoms with van der Waals surface area (Å²) in [6, 6.07) is 5.73. The number of nitrogens with zero attached hydrogens (tertiary/aromatic N) is 1. The normalized spacial score (nSPS) is 23.1. The topological polar surface area (TPSA) is 29.3 Å². The van der Waals surface area contributed by atoms with Gasteiger partial charge < -0.3 is 5.73 Å². The predicted molar refractivity (Wildman–Crippen MR) is 80.5 cm³/mol. The lowest BCUT2D eigenvalue weighted by Crippen LogP contribution is -2.40. The van der Waals surface area contributed by atoms with Gasteiger partial charge in [0, 0.05) is 22.6 Å². The van der Waals surface area contributed by atoms with E-state index >= 15 is 0 Å². The highest BCUT2D eigenvalue weighted by molar-refractivity contribution is 9.10. The van der Waals surface area contributed by atoms with Crippen LogP contribution in [0.3, 0.4) is 0 Å². The van der Waals surface area contributed by atoms with Gasteiger partial charge in [-0.05, 0) is 38.4 Å². The summed E-state index contributed by atoms with van der Waals surface area (Å²) in [6.07, 6.45) is 4.88. The predicted octanol–water partition coefficient (Wildman–Crippen LogP) is 3.85. The fourth-order valence-corrected chi connectivity index (χ4v) is 3.31. The molecule has 0 amide bonds. The summed E-state index contributed by atoms with van der Waals surface area (Å²) in [4.78, 5) is 2.37. The molecule has 1 aliphatic heterocycles. The van der Waals surface area contributed by atoms with Crippen molar-refractivity contribution < 1.29 is 4.39 Å². The van der Waals surface area contributed by atoms with Crippen molar-refractivity contribution in [2.24, 2.45) is 5.73 Å². The third-order valence-corrected chi connectivity index (χ3v) is 4.54. The van der Waals surface area contributed by atoms with E-state index in [2.05, 4.69) is 27.8 Å². The highest BCUT2D eigenvalue weighted by Crippen LogP contribution is 2.29. The second-order valence-corrected chi connectivity index (χ2v) is 6.27. The SMILES string of the molecule is CC1CCCCCN1C(CN)c1ccc(Br)cc1F. The van der Waals surface area contributed by atoms with E-state index in [9.17, 15) is 4.39 Å². The van der Waals surface area contributed by atoms with Crippen LogP contribution in [0.25, 0.3) is 0 Å². The average Bonchev–Trinajstić information content (AvgIpc) is 2.58. The molecule has 1 aromatic carbocycles. The maximum atomic E-state index is 14.2. The molecule has 2 atom stereocenters. The molecule has 0 bridgehead atoms. The van der Waals surface area contributed by atoms with Crippen molar-refractivity contribution in [3.63, 3.8) is 0 Å². The van der Waals surface area contributed by atoms with Crippen LogP contribution in [0.15, 0.2) is 22.7 Å². The molecular weight excluding hydrogens is 307 g/mol. The number of hydrogen-bond donors (Lipinski definition) is 1. The van der Waals surface area contributed by atoms with Crippen molar-refractivity contribution in [2.45, 2.75) is 44.7 Å². The summed E-state index contributed by atoms with van der Waals surface area (Å²) >= 11 is 3.30. The largest absolute Gasteiger partial charge is 0.329 e. The van der Waals surface area contributed by atoms with Gasteiger partial charge in [-0.15, -0.1) is 0 Å². The fourth-order valence-electron chi connectivity index (χ4n) is 2.97. The Morgan fingerprint density at radius 2 is 2.21 bits per heavy atom. The molecule has 2 N–H and O–H groups in total. The Bertz CT molecular complexity index is 425. The van der Waals surface area contributed by atoms with Crippen LogP contribution < -0.4 is 5.73 Å². The van der Waals surface area contributed by atoms with E-state index in [-0.39, 0.29) is 11.9 Å². The molecule has 0 spiro atoms.